The minimum absolute atomic E-state index is 0.133. The van der Waals surface area contributed by atoms with Gasteiger partial charge in [0, 0.05) is 18.0 Å². The molecule has 1 aromatic rings. The Hall–Kier alpha value is -1.03. The van der Waals surface area contributed by atoms with Crippen LogP contribution in [0.1, 0.15) is 51.7 Å². The Morgan fingerprint density at radius 3 is 2.82 bits per heavy atom. The summed E-state index contributed by atoms with van der Waals surface area (Å²) in [5, 5.41) is 5.93. The second-order valence-electron chi connectivity index (χ2n) is 6.25. The number of nitrogens with one attached hydrogen (secondary N) is 2. The van der Waals surface area contributed by atoms with Crippen LogP contribution in [-0.4, -0.2) is 17.7 Å². The van der Waals surface area contributed by atoms with Gasteiger partial charge >= 0.3 is 0 Å². The van der Waals surface area contributed by atoms with Gasteiger partial charge in [-0.1, -0.05) is 20.8 Å². The van der Waals surface area contributed by atoms with Crippen molar-refractivity contribution < 1.29 is 4.52 Å². The van der Waals surface area contributed by atoms with E-state index in [4.69, 9.17) is 4.52 Å². The van der Waals surface area contributed by atoms with Gasteiger partial charge in [0.25, 0.3) is 5.56 Å². The summed E-state index contributed by atoms with van der Waals surface area (Å²) in [5.41, 5.74) is 0.198. The molecule has 0 aliphatic carbocycles. The molecule has 2 atom stereocenters. The maximum Gasteiger partial charge on any atom is 0.280 e. The molecule has 1 aromatic heterocycles. The normalized spacial score (nSPS) is 26.1. The average Bonchev–Trinajstić information content (AvgIpc) is 2.63. The topological polar surface area (TPSA) is 58.0 Å². The minimum atomic E-state index is -0.133. The third-order valence-electron chi connectivity index (χ3n) is 3.30. The van der Waals surface area contributed by atoms with Crippen molar-refractivity contribution in [2.24, 2.45) is 5.41 Å². The molecule has 4 nitrogen and oxygen atoms in total. The molecule has 1 aliphatic heterocycles. The molecular weight excluding hydrogens is 216 g/mol. The van der Waals surface area contributed by atoms with Crippen molar-refractivity contribution in [2.45, 2.75) is 52.0 Å². The number of aromatic nitrogens is 1. The molecule has 0 spiro atoms. The second-order valence-corrected chi connectivity index (χ2v) is 6.25. The smallest absolute Gasteiger partial charge is 0.280 e. The molecule has 0 saturated carbocycles. The van der Waals surface area contributed by atoms with Gasteiger partial charge in [0.1, 0.15) is 5.76 Å². The number of piperidine rings is 1. The summed E-state index contributed by atoms with van der Waals surface area (Å²) in [5.74, 6) is 1.19. The quantitative estimate of drug-likeness (QED) is 0.830. The third-order valence-corrected chi connectivity index (χ3v) is 3.30. The van der Waals surface area contributed by atoms with Crippen LogP contribution in [0.15, 0.2) is 15.4 Å². The number of aromatic amines is 1. The maximum absolute atomic E-state index is 11.1. The molecule has 0 radical (unpaired) electrons. The van der Waals surface area contributed by atoms with Crippen LogP contribution >= 0.6 is 0 Å². The number of H-pyrrole nitrogens is 1. The first-order valence-corrected chi connectivity index (χ1v) is 6.36. The molecule has 0 bridgehead atoms. The first-order chi connectivity index (χ1) is 7.94. The zero-order valence-electron chi connectivity index (χ0n) is 10.9. The number of hydrogen-bond acceptors (Lipinski definition) is 3. The highest BCUT2D eigenvalue weighted by Gasteiger charge is 2.28. The van der Waals surface area contributed by atoms with Gasteiger partial charge < -0.3 is 9.84 Å². The molecule has 2 heterocycles. The van der Waals surface area contributed by atoms with Crippen LogP contribution in [0.25, 0.3) is 0 Å². The summed E-state index contributed by atoms with van der Waals surface area (Å²) >= 11 is 0. The van der Waals surface area contributed by atoms with Gasteiger partial charge in [-0.25, -0.2) is 0 Å². The molecule has 0 unspecified atom stereocenters. The van der Waals surface area contributed by atoms with E-state index in [0.717, 1.165) is 31.6 Å². The van der Waals surface area contributed by atoms with E-state index in [1.54, 1.807) is 6.07 Å². The Labute approximate surface area is 102 Å². The lowest BCUT2D eigenvalue weighted by atomic mass is 9.81. The van der Waals surface area contributed by atoms with Crippen molar-refractivity contribution >= 4 is 0 Å². The average molecular weight is 238 g/mol. The van der Waals surface area contributed by atoms with Crippen LogP contribution in [0.2, 0.25) is 0 Å². The Bertz CT molecular complexity index is 414. The molecular formula is C13H22N2O2. The van der Waals surface area contributed by atoms with E-state index >= 15 is 0 Å². The van der Waals surface area contributed by atoms with Gasteiger partial charge in [0.2, 0.25) is 0 Å². The van der Waals surface area contributed by atoms with E-state index in [0.29, 0.717) is 17.4 Å². The highest BCUT2D eigenvalue weighted by molar-refractivity contribution is 5.05. The summed E-state index contributed by atoms with van der Waals surface area (Å²) in [6, 6.07) is 2.11. The molecule has 4 heteroatoms. The largest absolute Gasteiger partial charge is 0.383 e. The number of rotatable bonds is 2. The predicted molar refractivity (Wildman–Crippen MR) is 67.2 cm³/mol. The lowest BCUT2D eigenvalue weighted by Gasteiger charge is -2.33. The van der Waals surface area contributed by atoms with Crippen LogP contribution in [0, 0.1) is 5.41 Å². The van der Waals surface area contributed by atoms with Crippen molar-refractivity contribution in [3.8, 4) is 0 Å². The second kappa shape index (κ2) is 4.69. The first-order valence-electron chi connectivity index (χ1n) is 6.36. The van der Waals surface area contributed by atoms with E-state index in [1.165, 1.54) is 0 Å². The van der Waals surface area contributed by atoms with Gasteiger partial charge in [-0.3, -0.25) is 4.79 Å². The standard InChI is InChI=1S/C13H22N2O2/c1-13(2,3)8-10-6-9(4-5-14-10)11-7-12(16)15-17-11/h7,9-10,14H,4-6,8H2,1-3H3,(H,15,16)/t9-,10+/m0/s1. The minimum Gasteiger partial charge on any atom is -0.383 e. The summed E-state index contributed by atoms with van der Waals surface area (Å²) < 4.78 is 5.22. The van der Waals surface area contributed by atoms with E-state index < -0.39 is 0 Å². The lowest BCUT2D eigenvalue weighted by Crippen LogP contribution is -2.39. The Morgan fingerprint density at radius 2 is 2.24 bits per heavy atom. The molecule has 17 heavy (non-hydrogen) atoms. The van der Waals surface area contributed by atoms with Crippen molar-refractivity contribution in [1.82, 2.24) is 10.5 Å². The molecule has 96 valence electrons. The summed E-state index contributed by atoms with van der Waals surface area (Å²) in [4.78, 5) is 11.1. The van der Waals surface area contributed by atoms with Crippen LogP contribution in [0.3, 0.4) is 0 Å². The summed E-state index contributed by atoms with van der Waals surface area (Å²) in [6.07, 6.45) is 3.25. The molecule has 0 aromatic carbocycles. The fourth-order valence-electron chi connectivity index (χ4n) is 2.66. The van der Waals surface area contributed by atoms with E-state index in [2.05, 4.69) is 31.2 Å². The Kier molecular flexibility index (Phi) is 3.43. The molecule has 1 fully saturated rings. The lowest BCUT2D eigenvalue weighted by molar-refractivity contribution is 0.239. The Morgan fingerprint density at radius 1 is 1.47 bits per heavy atom. The van der Waals surface area contributed by atoms with Crippen LogP contribution in [0.4, 0.5) is 0 Å². The highest BCUT2D eigenvalue weighted by atomic mass is 16.5. The molecule has 1 aliphatic rings. The zero-order valence-corrected chi connectivity index (χ0v) is 10.9. The van der Waals surface area contributed by atoms with E-state index in [9.17, 15) is 4.79 Å². The zero-order chi connectivity index (χ0) is 12.5. The summed E-state index contributed by atoms with van der Waals surface area (Å²) in [6.45, 7) is 7.78. The van der Waals surface area contributed by atoms with E-state index in [-0.39, 0.29) is 5.56 Å². The van der Waals surface area contributed by atoms with Gasteiger partial charge in [-0.15, -0.1) is 0 Å². The van der Waals surface area contributed by atoms with E-state index in [1.807, 2.05) is 0 Å². The summed E-state index contributed by atoms with van der Waals surface area (Å²) in [7, 11) is 0. The number of hydrogen-bond donors (Lipinski definition) is 2. The van der Waals surface area contributed by atoms with Crippen LogP contribution < -0.4 is 10.9 Å². The molecule has 1 saturated heterocycles. The fraction of sp³-hybridized carbons (Fsp3) is 0.769. The fourth-order valence-corrected chi connectivity index (χ4v) is 2.66. The predicted octanol–water partition coefficient (Wildman–Crippen LogP) is 2.24. The van der Waals surface area contributed by atoms with Gasteiger partial charge in [-0.05, 0) is 31.2 Å². The van der Waals surface area contributed by atoms with Gasteiger partial charge in [-0.2, -0.15) is 5.16 Å². The van der Waals surface area contributed by atoms with Crippen LogP contribution in [-0.2, 0) is 0 Å². The SMILES string of the molecule is CC(C)(C)C[C@H]1C[C@@H](c2cc(=O)[nH]o2)CCN1. The third kappa shape index (κ3) is 3.46. The van der Waals surface area contributed by atoms with Gasteiger partial charge in [0.15, 0.2) is 0 Å². The van der Waals surface area contributed by atoms with Gasteiger partial charge in [0.05, 0.1) is 0 Å². The van der Waals surface area contributed by atoms with Crippen molar-refractivity contribution in [1.29, 1.82) is 0 Å². The van der Waals surface area contributed by atoms with Crippen molar-refractivity contribution in [3.63, 3.8) is 0 Å². The van der Waals surface area contributed by atoms with Crippen LogP contribution in [0.5, 0.6) is 0 Å². The molecule has 2 rings (SSSR count). The molecule has 2 N–H and O–H groups in total. The maximum atomic E-state index is 11.1. The first kappa shape index (κ1) is 12.4. The van der Waals surface area contributed by atoms with Crippen molar-refractivity contribution in [3.05, 3.63) is 22.2 Å². The van der Waals surface area contributed by atoms with Crippen molar-refractivity contribution in [2.75, 3.05) is 6.54 Å². The Balaban J connectivity index is 2.00. The molecule has 0 amide bonds. The highest BCUT2D eigenvalue weighted by Crippen LogP contribution is 2.31. The monoisotopic (exact) mass is 238 g/mol.